The lowest BCUT2D eigenvalue weighted by atomic mass is 9.75. The van der Waals surface area contributed by atoms with Crippen molar-refractivity contribution >= 4 is 0 Å². The first-order chi connectivity index (χ1) is 8.60. The Balaban J connectivity index is 4.25. The van der Waals surface area contributed by atoms with Gasteiger partial charge < -0.3 is 0 Å². The molecule has 0 saturated carbocycles. The monoisotopic (exact) mass is 266 g/mol. The van der Waals surface area contributed by atoms with Gasteiger partial charge in [-0.15, -0.1) is 0 Å². The first-order valence-corrected chi connectivity index (χ1v) is 8.28. The third-order valence-electron chi connectivity index (χ3n) is 5.43. The van der Waals surface area contributed by atoms with Crippen molar-refractivity contribution in [3.8, 4) is 0 Å². The van der Waals surface area contributed by atoms with E-state index < -0.39 is 0 Å². The molecule has 114 valence electrons. The van der Waals surface area contributed by atoms with E-state index in [1.54, 1.807) is 0 Å². The van der Waals surface area contributed by atoms with Gasteiger partial charge in [-0.2, -0.15) is 0 Å². The summed E-state index contributed by atoms with van der Waals surface area (Å²) in [5.74, 6) is 3.00. The molecule has 0 bridgehead atoms. The molecule has 0 aliphatic carbocycles. The van der Waals surface area contributed by atoms with Gasteiger partial charge in [-0.25, -0.2) is 0 Å². The van der Waals surface area contributed by atoms with Crippen molar-refractivity contribution in [2.75, 3.05) is 0 Å². The minimum absolute atomic E-state index is 0.513. The van der Waals surface area contributed by atoms with Crippen LogP contribution in [0.15, 0.2) is 12.2 Å². The van der Waals surface area contributed by atoms with Crippen molar-refractivity contribution in [2.24, 2.45) is 29.1 Å². The van der Waals surface area contributed by atoms with Gasteiger partial charge in [0.05, 0.1) is 0 Å². The van der Waals surface area contributed by atoms with Crippen LogP contribution in [0, 0.1) is 29.1 Å². The highest BCUT2D eigenvalue weighted by Gasteiger charge is 2.23. The van der Waals surface area contributed by atoms with E-state index in [2.05, 4.69) is 62.0 Å². The molecular formula is C19H38. The molecule has 0 spiro atoms. The van der Waals surface area contributed by atoms with Gasteiger partial charge in [0, 0.05) is 0 Å². The molecular weight excluding hydrogens is 228 g/mol. The summed E-state index contributed by atoms with van der Waals surface area (Å²) in [7, 11) is 0. The third kappa shape index (κ3) is 7.18. The summed E-state index contributed by atoms with van der Waals surface area (Å²) >= 11 is 0. The second-order valence-electron chi connectivity index (χ2n) is 7.89. The first kappa shape index (κ1) is 18.7. The zero-order chi connectivity index (χ0) is 15.2. The van der Waals surface area contributed by atoms with Gasteiger partial charge in [0.15, 0.2) is 0 Å². The molecule has 0 aliphatic heterocycles. The van der Waals surface area contributed by atoms with Gasteiger partial charge >= 0.3 is 0 Å². The zero-order valence-electron chi connectivity index (χ0n) is 14.8. The van der Waals surface area contributed by atoms with Crippen LogP contribution in [0.25, 0.3) is 0 Å². The van der Waals surface area contributed by atoms with Gasteiger partial charge in [-0.1, -0.05) is 74.0 Å². The predicted molar refractivity (Wildman–Crippen MR) is 89.4 cm³/mol. The van der Waals surface area contributed by atoms with E-state index in [4.69, 9.17) is 0 Å². The average Bonchev–Trinajstić information content (AvgIpc) is 2.34. The standard InChI is InChI=1S/C19H38/c1-10-19(8,9)12-11-15(4)18(7)17(6)13-16(5)14(2)3/h14-15,17-18H,5,10-13H2,1-4,6-9H3. The normalized spacial score (nSPS) is 17.3. The molecule has 0 radical (unpaired) electrons. The molecule has 0 rings (SSSR count). The van der Waals surface area contributed by atoms with Crippen LogP contribution in [-0.4, -0.2) is 0 Å². The molecule has 3 unspecified atom stereocenters. The lowest BCUT2D eigenvalue weighted by molar-refractivity contribution is 0.217. The van der Waals surface area contributed by atoms with Gasteiger partial charge in [0.2, 0.25) is 0 Å². The van der Waals surface area contributed by atoms with Crippen LogP contribution in [0.5, 0.6) is 0 Å². The number of rotatable bonds is 9. The quantitative estimate of drug-likeness (QED) is 0.407. The smallest absolute Gasteiger partial charge is 0.0263 e. The molecule has 0 heterocycles. The summed E-state index contributed by atoms with van der Waals surface area (Å²) in [6.07, 6.45) is 5.20. The molecule has 0 aromatic carbocycles. The lowest BCUT2D eigenvalue weighted by Crippen LogP contribution is -2.20. The Labute approximate surface area is 123 Å². The molecule has 19 heavy (non-hydrogen) atoms. The van der Waals surface area contributed by atoms with E-state index in [9.17, 15) is 0 Å². The van der Waals surface area contributed by atoms with Crippen LogP contribution in [0.2, 0.25) is 0 Å². The summed E-state index contributed by atoms with van der Waals surface area (Å²) in [5, 5.41) is 0. The van der Waals surface area contributed by atoms with E-state index in [0.29, 0.717) is 11.3 Å². The Bertz CT molecular complexity index is 259. The van der Waals surface area contributed by atoms with E-state index in [0.717, 1.165) is 17.8 Å². The van der Waals surface area contributed by atoms with Crippen molar-refractivity contribution in [1.82, 2.24) is 0 Å². The van der Waals surface area contributed by atoms with E-state index >= 15 is 0 Å². The van der Waals surface area contributed by atoms with Crippen LogP contribution in [-0.2, 0) is 0 Å². The minimum atomic E-state index is 0.513. The van der Waals surface area contributed by atoms with Crippen LogP contribution in [0.4, 0.5) is 0 Å². The molecule has 0 N–H and O–H groups in total. The van der Waals surface area contributed by atoms with Crippen LogP contribution in [0.1, 0.15) is 81.1 Å². The lowest BCUT2D eigenvalue weighted by Gasteiger charge is -2.30. The second kappa shape index (κ2) is 8.12. The summed E-state index contributed by atoms with van der Waals surface area (Å²) in [6.45, 7) is 23.1. The zero-order valence-corrected chi connectivity index (χ0v) is 14.8. The highest BCUT2D eigenvalue weighted by Crippen LogP contribution is 2.34. The molecule has 0 aliphatic rings. The highest BCUT2D eigenvalue weighted by atomic mass is 14.3. The molecule has 0 saturated heterocycles. The van der Waals surface area contributed by atoms with Gasteiger partial charge in [-0.3, -0.25) is 0 Å². The number of hydrogen-bond donors (Lipinski definition) is 0. The number of allylic oxidation sites excluding steroid dienone is 1. The maximum Gasteiger partial charge on any atom is -0.0263 e. The minimum Gasteiger partial charge on any atom is -0.0996 e. The molecule has 0 nitrogen and oxygen atoms in total. The van der Waals surface area contributed by atoms with Crippen molar-refractivity contribution in [1.29, 1.82) is 0 Å². The summed E-state index contributed by atoms with van der Waals surface area (Å²) in [4.78, 5) is 0. The Kier molecular flexibility index (Phi) is 8.01. The van der Waals surface area contributed by atoms with Gasteiger partial charge in [0.25, 0.3) is 0 Å². The Hall–Kier alpha value is -0.260. The largest absolute Gasteiger partial charge is 0.0996 e. The predicted octanol–water partition coefficient (Wildman–Crippen LogP) is 6.71. The summed E-state index contributed by atoms with van der Waals surface area (Å²) < 4.78 is 0. The molecule has 0 amide bonds. The summed E-state index contributed by atoms with van der Waals surface area (Å²) in [5.41, 5.74) is 1.93. The van der Waals surface area contributed by atoms with Crippen molar-refractivity contribution in [3.63, 3.8) is 0 Å². The molecule has 0 heteroatoms. The first-order valence-electron chi connectivity index (χ1n) is 8.28. The van der Waals surface area contributed by atoms with Crippen LogP contribution >= 0.6 is 0 Å². The average molecular weight is 267 g/mol. The molecule has 3 atom stereocenters. The van der Waals surface area contributed by atoms with E-state index in [1.165, 1.54) is 31.3 Å². The van der Waals surface area contributed by atoms with Gasteiger partial charge in [0.1, 0.15) is 0 Å². The number of hydrogen-bond acceptors (Lipinski definition) is 0. The fraction of sp³-hybridized carbons (Fsp3) is 0.895. The third-order valence-corrected chi connectivity index (χ3v) is 5.43. The molecule has 0 fully saturated rings. The molecule has 0 aromatic heterocycles. The Morgan fingerprint density at radius 1 is 1.00 bits per heavy atom. The molecule has 0 aromatic rings. The fourth-order valence-corrected chi connectivity index (χ4v) is 2.45. The Morgan fingerprint density at radius 2 is 1.53 bits per heavy atom. The second-order valence-corrected chi connectivity index (χ2v) is 7.89. The fourth-order valence-electron chi connectivity index (χ4n) is 2.45. The topological polar surface area (TPSA) is 0 Å². The van der Waals surface area contributed by atoms with Gasteiger partial charge in [-0.05, 0) is 48.3 Å². The highest BCUT2D eigenvalue weighted by molar-refractivity contribution is 4.99. The van der Waals surface area contributed by atoms with Crippen molar-refractivity contribution in [2.45, 2.75) is 81.1 Å². The SMILES string of the molecule is C=C(CC(C)C(C)C(C)CCC(C)(C)CC)C(C)C. The Morgan fingerprint density at radius 3 is 1.95 bits per heavy atom. The maximum absolute atomic E-state index is 4.23. The summed E-state index contributed by atoms with van der Waals surface area (Å²) in [6, 6.07) is 0. The van der Waals surface area contributed by atoms with E-state index in [-0.39, 0.29) is 0 Å². The van der Waals surface area contributed by atoms with E-state index in [1.807, 2.05) is 0 Å². The van der Waals surface area contributed by atoms with Crippen LogP contribution < -0.4 is 0 Å². The van der Waals surface area contributed by atoms with Crippen LogP contribution in [0.3, 0.4) is 0 Å². The van der Waals surface area contributed by atoms with Crippen molar-refractivity contribution < 1.29 is 0 Å². The maximum atomic E-state index is 4.23. The van der Waals surface area contributed by atoms with Crippen molar-refractivity contribution in [3.05, 3.63) is 12.2 Å².